The molecule has 0 aliphatic heterocycles. The maximum atomic E-state index is 5.72. The van der Waals surface area contributed by atoms with Crippen LogP contribution in [0.5, 0.6) is 10.9 Å². The Hall–Kier alpha value is -1.46. The molecule has 0 saturated carbocycles. The molecule has 0 bridgehead atoms. The van der Waals surface area contributed by atoms with Crippen LogP contribution in [0.4, 0.5) is 0 Å². The molecule has 0 radical (unpaired) electrons. The van der Waals surface area contributed by atoms with Crippen molar-refractivity contribution in [1.29, 1.82) is 0 Å². The first kappa shape index (κ1) is 14.9. The van der Waals surface area contributed by atoms with Crippen molar-refractivity contribution in [2.75, 3.05) is 6.54 Å². The molecule has 1 N–H and O–H groups in total. The first-order valence-corrected chi connectivity index (χ1v) is 7.85. The number of rotatable bonds is 7. The average Bonchev–Trinajstić information content (AvgIpc) is 2.92. The van der Waals surface area contributed by atoms with Crippen LogP contribution in [0, 0.1) is 0 Å². The first-order chi connectivity index (χ1) is 9.72. The van der Waals surface area contributed by atoms with Gasteiger partial charge in [0, 0.05) is 6.54 Å². The summed E-state index contributed by atoms with van der Waals surface area (Å²) >= 11 is 1.48. The van der Waals surface area contributed by atoms with Crippen molar-refractivity contribution in [3.8, 4) is 10.9 Å². The van der Waals surface area contributed by atoms with Gasteiger partial charge in [-0.3, -0.25) is 0 Å². The molecule has 0 aliphatic rings. The van der Waals surface area contributed by atoms with Crippen LogP contribution in [-0.2, 0) is 6.54 Å². The molecule has 1 unspecified atom stereocenters. The zero-order valence-corrected chi connectivity index (χ0v) is 13.0. The molecule has 2 rings (SSSR count). The zero-order chi connectivity index (χ0) is 14.4. The van der Waals surface area contributed by atoms with Crippen molar-refractivity contribution in [3.05, 3.63) is 34.8 Å². The number of nitrogens with one attached hydrogen (secondary N) is 1. The van der Waals surface area contributed by atoms with Crippen LogP contribution < -0.4 is 10.1 Å². The number of nitrogens with zero attached hydrogens (tertiary/aromatic N) is 2. The fourth-order valence-electron chi connectivity index (χ4n) is 1.78. The number of hydrogen-bond acceptors (Lipinski definition) is 5. The predicted octanol–water partition coefficient (Wildman–Crippen LogP) is 3.95. The maximum absolute atomic E-state index is 5.72. The molecule has 5 heteroatoms. The summed E-state index contributed by atoms with van der Waals surface area (Å²) in [7, 11) is 0. The van der Waals surface area contributed by atoms with E-state index < -0.39 is 0 Å². The van der Waals surface area contributed by atoms with Crippen LogP contribution in [-0.4, -0.2) is 16.7 Å². The van der Waals surface area contributed by atoms with Gasteiger partial charge in [-0.15, -0.1) is 5.10 Å². The third-order valence-corrected chi connectivity index (χ3v) is 4.04. The second kappa shape index (κ2) is 7.36. The minimum Gasteiger partial charge on any atom is -0.430 e. The molecule has 0 aliphatic carbocycles. The van der Waals surface area contributed by atoms with Crippen LogP contribution in [0.1, 0.15) is 43.7 Å². The fourth-order valence-corrected chi connectivity index (χ4v) is 2.46. The summed E-state index contributed by atoms with van der Waals surface area (Å²) in [5.74, 6) is 1.39. The normalized spacial score (nSPS) is 12.3. The summed E-state index contributed by atoms with van der Waals surface area (Å²) in [4.78, 5) is 0. The SMILES string of the molecule is CCNCc1nnc(Oc2ccc(C(C)CC)cc2)s1. The molecule has 1 aromatic carbocycles. The molecule has 0 saturated heterocycles. The number of hydrogen-bond donors (Lipinski definition) is 1. The number of benzene rings is 1. The van der Waals surface area contributed by atoms with Gasteiger partial charge in [-0.1, -0.05) is 49.3 Å². The van der Waals surface area contributed by atoms with E-state index in [2.05, 4.69) is 48.4 Å². The van der Waals surface area contributed by atoms with Crippen molar-refractivity contribution in [2.24, 2.45) is 0 Å². The predicted molar refractivity (Wildman–Crippen MR) is 82.5 cm³/mol. The lowest BCUT2D eigenvalue weighted by molar-refractivity contribution is 0.472. The van der Waals surface area contributed by atoms with E-state index in [1.54, 1.807) is 0 Å². The van der Waals surface area contributed by atoms with Crippen molar-refractivity contribution < 1.29 is 4.74 Å². The van der Waals surface area contributed by atoms with E-state index in [0.717, 1.165) is 30.3 Å². The lowest BCUT2D eigenvalue weighted by Crippen LogP contribution is -2.11. The Labute approximate surface area is 124 Å². The number of aromatic nitrogens is 2. The molecule has 0 amide bonds. The summed E-state index contributed by atoms with van der Waals surface area (Å²) < 4.78 is 5.72. The van der Waals surface area contributed by atoms with Crippen molar-refractivity contribution in [1.82, 2.24) is 15.5 Å². The molecule has 1 aromatic heterocycles. The van der Waals surface area contributed by atoms with Gasteiger partial charge in [-0.25, -0.2) is 0 Å². The molecular formula is C15H21N3OS. The monoisotopic (exact) mass is 291 g/mol. The highest BCUT2D eigenvalue weighted by molar-refractivity contribution is 7.13. The molecule has 108 valence electrons. The Morgan fingerprint density at radius 1 is 1.20 bits per heavy atom. The van der Waals surface area contributed by atoms with Crippen molar-refractivity contribution in [3.63, 3.8) is 0 Å². The van der Waals surface area contributed by atoms with Crippen molar-refractivity contribution in [2.45, 2.75) is 39.7 Å². The van der Waals surface area contributed by atoms with Crippen LogP contribution in [0.2, 0.25) is 0 Å². The Morgan fingerprint density at radius 2 is 1.95 bits per heavy atom. The second-order valence-corrected chi connectivity index (χ2v) is 5.75. The zero-order valence-electron chi connectivity index (χ0n) is 12.2. The molecule has 0 spiro atoms. The smallest absolute Gasteiger partial charge is 0.299 e. The first-order valence-electron chi connectivity index (χ1n) is 7.03. The third-order valence-electron chi connectivity index (χ3n) is 3.24. The van der Waals surface area contributed by atoms with Gasteiger partial charge >= 0.3 is 0 Å². The van der Waals surface area contributed by atoms with E-state index in [9.17, 15) is 0 Å². The van der Waals surface area contributed by atoms with Crippen LogP contribution >= 0.6 is 11.3 Å². The Balaban J connectivity index is 1.97. The highest BCUT2D eigenvalue weighted by atomic mass is 32.1. The Morgan fingerprint density at radius 3 is 2.60 bits per heavy atom. The van der Waals surface area contributed by atoms with E-state index in [4.69, 9.17) is 4.74 Å². The van der Waals surface area contributed by atoms with Gasteiger partial charge in [0.1, 0.15) is 10.8 Å². The quantitative estimate of drug-likeness (QED) is 0.839. The topological polar surface area (TPSA) is 47.0 Å². The molecular weight excluding hydrogens is 270 g/mol. The van der Waals surface area contributed by atoms with Crippen LogP contribution in [0.15, 0.2) is 24.3 Å². The van der Waals surface area contributed by atoms with E-state index in [1.807, 2.05) is 12.1 Å². The molecule has 4 nitrogen and oxygen atoms in total. The van der Waals surface area contributed by atoms with Gasteiger partial charge in [0.25, 0.3) is 5.19 Å². The highest BCUT2D eigenvalue weighted by Gasteiger charge is 2.07. The van der Waals surface area contributed by atoms with Crippen LogP contribution in [0.25, 0.3) is 0 Å². The molecule has 20 heavy (non-hydrogen) atoms. The van der Waals surface area contributed by atoms with E-state index in [0.29, 0.717) is 11.1 Å². The van der Waals surface area contributed by atoms with E-state index in [1.165, 1.54) is 16.9 Å². The Kier molecular flexibility index (Phi) is 5.49. The maximum Gasteiger partial charge on any atom is 0.299 e. The molecule has 1 atom stereocenters. The summed E-state index contributed by atoms with van der Waals surface area (Å²) in [5, 5.41) is 12.9. The molecule has 0 fully saturated rings. The van der Waals surface area contributed by atoms with Gasteiger partial charge in [-0.2, -0.15) is 0 Å². The lowest BCUT2D eigenvalue weighted by atomic mass is 9.99. The minimum absolute atomic E-state index is 0.581. The summed E-state index contributed by atoms with van der Waals surface area (Å²) in [6, 6.07) is 8.22. The molecule has 2 aromatic rings. The number of ether oxygens (including phenoxy) is 1. The van der Waals surface area contributed by atoms with Gasteiger partial charge in [-0.05, 0) is 36.6 Å². The lowest BCUT2D eigenvalue weighted by Gasteiger charge is -2.09. The van der Waals surface area contributed by atoms with Crippen LogP contribution in [0.3, 0.4) is 0 Å². The largest absolute Gasteiger partial charge is 0.430 e. The summed E-state index contributed by atoms with van der Waals surface area (Å²) in [6.45, 7) is 8.16. The summed E-state index contributed by atoms with van der Waals surface area (Å²) in [5.41, 5.74) is 1.34. The highest BCUT2D eigenvalue weighted by Crippen LogP contribution is 2.27. The van der Waals surface area contributed by atoms with Gasteiger partial charge in [0.05, 0.1) is 0 Å². The fraction of sp³-hybridized carbons (Fsp3) is 0.467. The van der Waals surface area contributed by atoms with Gasteiger partial charge < -0.3 is 10.1 Å². The van der Waals surface area contributed by atoms with E-state index in [-0.39, 0.29) is 0 Å². The van der Waals surface area contributed by atoms with Gasteiger partial charge in [0.15, 0.2) is 0 Å². The Bertz CT molecular complexity index is 524. The van der Waals surface area contributed by atoms with Gasteiger partial charge in [0.2, 0.25) is 0 Å². The van der Waals surface area contributed by atoms with Crippen molar-refractivity contribution >= 4 is 11.3 Å². The minimum atomic E-state index is 0.581. The molecule has 1 heterocycles. The van der Waals surface area contributed by atoms with E-state index >= 15 is 0 Å². The summed E-state index contributed by atoms with van der Waals surface area (Å²) in [6.07, 6.45) is 1.14. The second-order valence-electron chi connectivity index (χ2n) is 4.72. The average molecular weight is 291 g/mol. The standard InChI is InChI=1S/C15H21N3OS/c1-4-11(3)12-6-8-13(9-7-12)19-15-18-17-14(20-15)10-16-5-2/h6-9,11,16H,4-5,10H2,1-3H3. The third kappa shape index (κ3) is 4.02.